The Balaban J connectivity index is 2.14. The van der Waals surface area contributed by atoms with Crippen LogP contribution in [0.5, 0.6) is 0 Å². The summed E-state index contributed by atoms with van der Waals surface area (Å²) in [5.41, 5.74) is 2.91. The van der Waals surface area contributed by atoms with Crippen LogP contribution in [0.4, 0.5) is 4.39 Å². The molecule has 0 radical (unpaired) electrons. The van der Waals surface area contributed by atoms with Gasteiger partial charge in [-0.3, -0.25) is 9.69 Å². The van der Waals surface area contributed by atoms with Gasteiger partial charge in [0.1, 0.15) is 0 Å². The van der Waals surface area contributed by atoms with Crippen molar-refractivity contribution in [2.75, 3.05) is 6.80 Å². The summed E-state index contributed by atoms with van der Waals surface area (Å²) in [6.07, 6.45) is 1.84. The monoisotopic (exact) mass is 253 g/mol. The van der Waals surface area contributed by atoms with Crippen molar-refractivity contribution in [3.63, 3.8) is 0 Å². The van der Waals surface area contributed by atoms with Gasteiger partial charge in [0.25, 0.3) is 5.91 Å². The molecule has 2 nitrogen and oxygen atoms in total. The van der Waals surface area contributed by atoms with E-state index in [1.165, 1.54) is 0 Å². The van der Waals surface area contributed by atoms with Gasteiger partial charge >= 0.3 is 0 Å². The van der Waals surface area contributed by atoms with Gasteiger partial charge in [0.2, 0.25) is 0 Å². The summed E-state index contributed by atoms with van der Waals surface area (Å²) in [4.78, 5) is 13.2. The molecule has 0 fully saturated rings. The summed E-state index contributed by atoms with van der Waals surface area (Å²) in [5, 5.41) is 0. The Morgan fingerprint density at radius 3 is 2.26 bits per heavy atom. The molecule has 3 heteroatoms. The average molecular weight is 253 g/mol. The van der Waals surface area contributed by atoms with Crippen LogP contribution in [-0.4, -0.2) is 17.6 Å². The molecule has 1 heterocycles. The fourth-order valence-electron chi connectivity index (χ4n) is 2.27. The van der Waals surface area contributed by atoms with E-state index in [1.54, 1.807) is 12.1 Å². The van der Waals surface area contributed by atoms with Gasteiger partial charge in [0.15, 0.2) is 6.80 Å². The summed E-state index contributed by atoms with van der Waals surface area (Å²) < 4.78 is 13.1. The second kappa shape index (κ2) is 4.69. The molecular formula is C16H12FNO. The first-order valence-electron chi connectivity index (χ1n) is 6.05. The highest BCUT2D eigenvalue weighted by Crippen LogP contribution is 2.33. The fraction of sp³-hybridized carbons (Fsp3) is 0.0625. The predicted octanol–water partition coefficient (Wildman–Crippen LogP) is 3.57. The lowest BCUT2D eigenvalue weighted by atomic mass is 10.1. The molecule has 0 saturated heterocycles. The van der Waals surface area contributed by atoms with Crippen LogP contribution in [0.2, 0.25) is 0 Å². The van der Waals surface area contributed by atoms with Gasteiger partial charge in [-0.1, -0.05) is 48.5 Å². The number of halogens is 1. The first-order valence-corrected chi connectivity index (χ1v) is 6.05. The molecule has 0 unspecified atom stereocenters. The van der Waals surface area contributed by atoms with Gasteiger partial charge in [-0.2, -0.15) is 0 Å². The molecule has 0 bridgehead atoms. The van der Waals surface area contributed by atoms with E-state index in [1.807, 2.05) is 48.5 Å². The van der Waals surface area contributed by atoms with E-state index in [0.717, 1.165) is 16.0 Å². The molecule has 0 atom stereocenters. The summed E-state index contributed by atoms with van der Waals surface area (Å²) in [6.45, 7) is -0.813. The van der Waals surface area contributed by atoms with E-state index in [9.17, 15) is 9.18 Å². The topological polar surface area (TPSA) is 20.3 Å². The average Bonchev–Trinajstić information content (AvgIpc) is 2.73. The smallest absolute Gasteiger partial charge is 0.261 e. The van der Waals surface area contributed by atoms with Gasteiger partial charge in [0, 0.05) is 11.1 Å². The minimum Gasteiger partial charge on any atom is -0.279 e. The highest BCUT2D eigenvalue weighted by Gasteiger charge is 2.31. The molecule has 1 aliphatic rings. The Morgan fingerprint density at radius 1 is 0.947 bits per heavy atom. The van der Waals surface area contributed by atoms with Crippen molar-refractivity contribution in [3.05, 3.63) is 71.3 Å². The van der Waals surface area contributed by atoms with Crippen LogP contribution in [0.3, 0.4) is 0 Å². The van der Waals surface area contributed by atoms with Crippen LogP contribution in [0, 0.1) is 0 Å². The van der Waals surface area contributed by atoms with Crippen molar-refractivity contribution < 1.29 is 9.18 Å². The van der Waals surface area contributed by atoms with Crippen molar-refractivity contribution in [3.8, 4) is 0 Å². The summed E-state index contributed by atoms with van der Waals surface area (Å²) >= 11 is 0. The van der Waals surface area contributed by atoms with Gasteiger partial charge in [-0.05, 0) is 17.7 Å². The first-order chi connectivity index (χ1) is 9.31. The lowest BCUT2D eigenvalue weighted by Crippen LogP contribution is -2.21. The minimum atomic E-state index is -0.813. The maximum Gasteiger partial charge on any atom is 0.261 e. The highest BCUT2D eigenvalue weighted by molar-refractivity contribution is 6.11. The number of carbonyl (C=O) groups is 1. The number of alkyl halides is 1. The SMILES string of the molecule is O=C1c2ccccc2/C(=C/c2ccccc2)N1CF. The second-order valence-corrected chi connectivity index (χ2v) is 4.34. The zero-order valence-electron chi connectivity index (χ0n) is 10.2. The molecule has 19 heavy (non-hydrogen) atoms. The number of hydrogen-bond acceptors (Lipinski definition) is 1. The van der Waals surface area contributed by atoms with Gasteiger partial charge < -0.3 is 0 Å². The number of carbonyl (C=O) groups excluding carboxylic acids is 1. The Hall–Kier alpha value is -2.42. The molecule has 3 rings (SSSR count). The quantitative estimate of drug-likeness (QED) is 0.749. The molecular weight excluding hydrogens is 241 g/mol. The zero-order valence-corrected chi connectivity index (χ0v) is 10.2. The van der Waals surface area contributed by atoms with E-state index in [0.29, 0.717) is 11.3 Å². The third kappa shape index (κ3) is 1.93. The lowest BCUT2D eigenvalue weighted by molar-refractivity contribution is 0.0806. The summed E-state index contributed by atoms with van der Waals surface area (Å²) in [5.74, 6) is -0.278. The van der Waals surface area contributed by atoms with Crippen LogP contribution in [0.15, 0.2) is 54.6 Å². The number of fused-ring (bicyclic) bond motifs is 1. The largest absolute Gasteiger partial charge is 0.279 e. The van der Waals surface area contributed by atoms with E-state index < -0.39 is 6.80 Å². The molecule has 0 N–H and O–H groups in total. The number of amides is 1. The van der Waals surface area contributed by atoms with Gasteiger partial charge in [-0.25, -0.2) is 4.39 Å². The van der Waals surface area contributed by atoms with Crippen molar-refractivity contribution in [2.45, 2.75) is 0 Å². The fourth-order valence-corrected chi connectivity index (χ4v) is 2.27. The highest BCUT2D eigenvalue weighted by atomic mass is 19.1. The van der Waals surface area contributed by atoms with Crippen LogP contribution in [0.25, 0.3) is 11.8 Å². The van der Waals surface area contributed by atoms with Gasteiger partial charge in [-0.15, -0.1) is 0 Å². The second-order valence-electron chi connectivity index (χ2n) is 4.34. The summed E-state index contributed by atoms with van der Waals surface area (Å²) in [6, 6.07) is 16.8. The number of benzene rings is 2. The van der Waals surface area contributed by atoms with Crippen LogP contribution in [-0.2, 0) is 0 Å². The van der Waals surface area contributed by atoms with E-state index in [4.69, 9.17) is 0 Å². The van der Waals surface area contributed by atoms with Gasteiger partial charge in [0.05, 0.1) is 5.70 Å². The van der Waals surface area contributed by atoms with E-state index in [2.05, 4.69) is 0 Å². The molecule has 2 aromatic carbocycles. The van der Waals surface area contributed by atoms with Crippen molar-refractivity contribution in [1.82, 2.24) is 4.90 Å². The third-order valence-corrected chi connectivity index (χ3v) is 3.19. The molecule has 1 aliphatic heterocycles. The number of nitrogens with zero attached hydrogens (tertiary/aromatic N) is 1. The third-order valence-electron chi connectivity index (χ3n) is 3.19. The van der Waals surface area contributed by atoms with Crippen LogP contribution >= 0.6 is 0 Å². The maximum absolute atomic E-state index is 13.1. The van der Waals surface area contributed by atoms with Crippen molar-refractivity contribution in [1.29, 1.82) is 0 Å². The predicted molar refractivity (Wildman–Crippen MR) is 72.9 cm³/mol. The molecule has 0 spiro atoms. The molecule has 0 saturated carbocycles. The molecule has 0 aromatic heterocycles. The van der Waals surface area contributed by atoms with E-state index >= 15 is 0 Å². The Bertz CT molecular complexity index is 649. The number of hydrogen-bond donors (Lipinski definition) is 0. The Kier molecular flexibility index (Phi) is 2.88. The first kappa shape index (κ1) is 11.7. The van der Waals surface area contributed by atoms with E-state index in [-0.39, 0.29) is 5.91 Å². The molecule has 1 amide bonds. The lowest BCUT2D eigenvalue weighted by Gasteiger charge is -2.13. The number of rotatable bonds is 2. The summed E-state index contributed by atoms with van der Waals surface area (Å²) in [7, 11) is 0. The minimum absolute atomic E-state index is 0.278. The van der Waals surface area contributed by atoms with Crippen molar-refractivity contribution >= 4 is 17.7 Å². The van der Waals surface area contributed by atoms with Crippen molar-refractivity contribution in [2.24, 2.45) is 0 Å². The Labute approximate surface area is 110 Å². The molecule has 0 aliphatic carbocycles. The maximum atomic E-state index is 13.1. The standard InChI is InChI=1S/C16H12FNO/c17-11-18-15(10-12-6-2-1-3-7-12)13-8-4-5-9-14(13)16(18)19/h1-10H,11H2/b15-10-. The van der Waals surface area contributed by atoms with Crippen LogP contribution in [0.1, 0.15) is 21.5 Å². The zero-order chi connectivity index (χ0) is 13.2. The van der Waals surface area contributed by atoms with Crippen LogP contribution < -0.4 is 0 Å². The molecule has 94 valence electrons. The Morgan fingerprint density at radius 2 is 1.58 bits per heavy atom. The molecule has 2 aromatic rings. The normalized spacial score (nSPS) is 15.9.